The first kappa shape index (κ1) is 20.4. The SMILES string of the molecule is COCCOCc1cnc(C)nc1C1CCN(C(=O)c2cncc(C)c2)CC1. The molecule has 7 heteroatoms. The molecule has 0 aromatic carbocycles. The number of hydrogen-bond acceptors (Lipinski definition) is 6. The van der Waals surface area contributed by atoms with Crippen molar-refractivity contribution in [2.45, 2.75) is 39.2 Å². The number of nitrogens with zero attached hydrogens (tertiary/aromatic N) is 4. The van der Waals surface area contributed by atoms with Gasteiger partial charge in [0, 0.05) is 50.3 Å². The zero-order valence-electron chi connectivity index (χ0n) is 16.9. The maximum absolute atomic E-state index is 12.7. The number of likely N-dealkylation sites (tertiary alicyclic amines) is 1. The predicted molar refractivity (Wildman–Crippen MR) is 105 cm³/mol. The van der Waals surface area contributed by atoms with Crippen LogP contribution in [0.1, 0.15) is 51.8 Å². The molecule has 0 N–H and O–H groups in total. The predicted octanol–water partition coefficient (Wildman–Crippen LogP) is 2.67. The van der Waals surface area contributed by atoms with Crippen LogP contribution in [0.2, 0.25) is 0 Å². The van der Waals surface area contributed by atoms with Gasteiger partial charge in [-0.1, -0.05) is 0 Å². The van der Waals surface area contributed by atoms with E-state index in [1.807, 2.05) is 31.0 Å². The molecule has 2 aromatic rings. The van der Waals surface area contributed by atoms with E-state index in [9.17, 15) is 4.79 Å². The number of aryl methyl sites for hydroxylation is 2. The molecule has 7 nitrogen and oxygen atoms in total. The van der Waals surface area contributed by atoms with Crippen molar-refractivity contribution in [1.29, 1.82) is 0 Å². The minimum absolute atomic E-state index is 0.0524. The number of carbonyl (C=O) groups is 1. The maximum Gasteiger partial charge on any atom is 0.255 e. The number of piperidine rings is 1. The molecule has 150 valence electrons. The summed E-state index contributed by atoms with van der Waals surface area (Å²) in [5.74, 6) is 1.12. The Bertz CT molecular complexity index is 804. The molecule has 0 bridgehead atoms. The highest BCUT2D eigenvalue weighted by Gasteiger charge is 2.27. The lowest BCUT2D eigenvalue weighted by atomic mass is 9.90. The summed E-state index contributed by atoms with van der Waals surface area (Å²) in [6, 6.07) is 1.89. The van der Waals surface area contributed by atoms with Gasteiger partial charge in [0.25, 0.3) is 5.91 Å². The summed E-state index contributed by atoms with van der Waals surface area (Å²) in [6.45, 7) is 6.87. The monoisotopic (exact) mass is 384 g/mol. The van der Waals surface area contributed by atoms with E-state index in [1.165, 1.54) is 0 Å². The first-order chi connectivity index (χ1) is 13.6. The molecule has 28 heavy (non-hydrogen) atoms. The average molecular weight is 384 g/mol. The summed E-state index contributed by atoms with van der Waals surface area (Å²) in [4.78, 5) is 27.8. The molecule has 1 fully saturated rings. The summed E-state index contributed by atoms with van der Waals surface area (Å²) >= 11 is 0. The van der Waals surface area contributed by atoms with Crippen LogP contribution in [0.3, 0.4) is 0 Å². The van der Waals surface area contributed by atoms with Crippen LogP contribution >= 0.6 is 0 Å². The summed E-state index contributed by atoms with van der Waals surface area (Å²) in [7, 11) is 1.66. The molecule has 1 saturated heterocycles. The molecule has 0 atom stereocenters. The number of ether oxygens (including phenoxy) is 2. The maximum atomic E-state index is 12.7. The fraction of sp³-hybridized carbons (Fsp3) is 0.524. The highest BCUT2D eigenvalue weighted by molar-refractivity contribution is 5.94. The molecule has 3 rings (SSSR count). The van der Waals surface area contributed by atoms with Gasteiger partial charge in [-0.2, -0.15) is 0 Å². The molecule has 0 saturated carbocycles. The van der Waals surface area contributed by atoms with Gasteiger partial charge in [-0.05, 0) is 38.3 Å². The van der Waals surface area contributed by atoms with E-state index in [0.717, 1.165) is 35.5 Å². The van der Waals surface area contributed by atoms with Crippen molar-refractivity contribution < 1.29 is 14.3 Å². The molecule has 0 unspecified atom stereocenters. The zero-order chi connectivity index (χ0) is 19.9. The van der Waals surface area contributed by atoms with Gasteiger partial charge in [-0.15, -0.1) is 0 Å². The van der Waals surface area contributed by atoms with Gasteiger partial charge in [0.15, 0.2) is 0 Å². The minimum atomic E-state index is 0.0524. The van der Waals surface area contributed by atoms with E-state index in [4.69, 9.17) is 14.5 Å². The summed E-state index contributed by atoms with van der Waals surface area (Å²) < 4.78 is 10.7. The Morgan fingerprint density at radius 1 is 1.18 bits per heavy atom. The third-order valence-corrected chi connectivity index (χ3v) is 5.00. The third kappa shape index (κ3) is 5.11. The highest BCUT2D eigenvalue weighted by atomic mass is 16.5. The van der Waals surface area contributed by atoms with Gasteiger partial charge >= 0.3 is 0 Å². The van der Waals surface area contributed by atoms with Crippen molar-refractivity contribution in [3.05, 3.63) is 52.9 Å². The first-order valence-electron chi connectivity index (χ1n) is 9.68. The van der Waals surface area contributed by atoms with Crippen molar-refractivity contribution >= 4 is 5.91 Å². The lowest BCUT2D eigenvalue weighted by Gasteiger charge is -2.32. The first-order valence-corrected chi connectivity index (χ1v) is 9.68. The van der Waals surface area contributed by atoms with Crippen molar-refractivity contribution in [1.82, 2.24) is 19.9 Å². The fourth-order valence-electron chi connectivity index (χ4n) is 3.51. The lowest BCUT2D eigenvalue weighted by Crippen LogP contribution is -2.38. The Morgan fingerprint density at radius 2 is 1.96 bits per heavy atom. The Hall–Kier alpha value is -2.38. The van der Waals surface area contributed by atoms with Crippen LogP contribution in [0.15, 0.2) is 24.7 Å². The van der Waals surface area contributed by atoms with Crippen LogP contribution in [0.4, 0.5) is 0 Å². The van der Waals surface area contributed by atoms with E-state index in [2.05, 4.69) is 9.97 Å². The molecule has 2 aromatic heterocycles. The van der Waals surface area contributed by atoms with Crippen LogP contribution in [0, 0.1) is 13.8 Å². The van der Waals surface area contributed by atoms with Crippen LogP contribution < -0.4 is 0 Å². The molecule has 1 aliphatic heterocycles. The average Bonchev–Trinajstić information content (AvgIpc) is 2.71. The summed E-state index contributed by atoms with van der Waals surface area (Å²) in [5, 5.41) is 0. The molecule has 3 heterocycles. The lowest BCUT2D eigenvalue weighted by molar-refractivity contribution is 0.0604. The van der Waals surface area contributed by atoms with Crippen molar-refractivity contribution in [3.63, 3.8) is 0 Å². The van der Waals surface area contributed by atoms with Crippen molar-refractivity contribution in [3.8, 4) is 0 Å². The molecule has 1 aliphatic rings. The Kier molecular flexibility index (Phi) is 7.06. The van der Waals surface area contributed by atoms with Crippen LogP contribution in [0.5, 0.6) is 0 Å². The van der Waals surface area contributed by atoms with Gasteiger partial charge in [0.05, 0.1) is 31.1 Å². The number of pyridine rings is 1. The van der Waals surface area contributed by atoms with Crippen LogP contribution in [-0.4, -0.2) is 59.2 Å². The van der Waals surface area contributed by atoms with E-state index in [0.29, 0.717) is 44.4 Å². The number of amides is 1. The number of methoxy groups -OCH3 is 1. The van der Waals surface area contributed by atoms with E-state index in [1.54, 1.807) is 19.5 Å². The second-order valence-corrected chi connectivity index (χ2v) is 7.19. The van der Waals surface area contributed by atoms with E-state index in [-0.39, 0.29) is 5.91 Å². The summed E-state index contributed by atoms with van der Waals surface area (Å²) in [5.41, 5.74) is 3.72. The zero-order valence-corrected chi connectivity index (χ0v) is 16.9. The van der Waals surface area contributed by atoms with Gasteiger partial charge in [-0.3, -0.25) is 9.78 Å². The van der Waals surface area contributed by atoms with Crippen molar-refractivity contribution in [2.75, 3.05) is 33.4 Å². The number of rotatable bonds is 7. The van der Waals surface area contributed by atoms with Gasteiger partial charge < -0.3 is 14.4 Å². The molecule has 1 amide bonds. The number of aromatic nitrogens is 3. The second-order valence-electron chi connectivity index (χ2n) is 7.19. The third-order valence-electron chi connectivity index (χ3n) is 5.00. The topological polar surface area (TPSA) is 77.4 Å². The molecule has 0 spiro atoms. The second kappa shape index (κ2) is 9.71. The fourth-order valence-corrected chi connectivity index (χ4v) is 3.51. The normalized spacial score (nSPS) is 15.0. The molecule has 0 radical (unpaired) electrons. The Balaban J connectivity index is 1.64. The standard InChI is InChI=1S/C21H28N4O3/c1-15-10-18(12-22-11-15)21(26)25-6-4-17(5-7-25)20-19(13-23-16(2)24-20)14-28-9-8-27-3/h10-13,17H,4-9,14H2,1-3H3. The van der Waals surface area contributed by atoms with Gasteiger partial charge in [0.2, 0.25) is 0 Å². The van der Waals surface area contributed by atoms with Crippen molar-refractivity contribution in [2.24, 2.45) is 0 Å². The Morgan fingerprint density at radius 3 is 2.68 bits per heavy atom. The smallest absolute Gasteiger partial charge is 0.255 e. The molecular formula is C21H28N4O3. The summed E-state index contributed by atoms with van der Waals surface area (Å²) in [6.07, 6.45) is 7.03. The molecular weight excluding hydrogens is 356 g/mol. The van der Waals surface area contributed by atoms with Crippen LogP contribution in [0.25, 0.3) is 0 Å². The molecule has 0 aliphatic carbocycles. The Labute approximate surface area is 166 Å². The largest absolute Gasteiger partial charge is 0.382 e. The van der Waals surface area contributed by atoms with Gasteiger partial charge in [-0.25, -0.2) is 9.97 Å². The quantitative estimate of drug-likeness (QED) is 0.683. The van der Waals surface area contributed by atoms with E-state index >= 15 is 0 Å². The van der Waals surface area contributed by atoms with Crippen LogP contribution in [-0.2, 0) is 16.1 Å². The van der Waals surface area contributed by atoms with E-state index < -0.39 is 0 Å². The minimum Gasteiger partial charge on any atom is -0.382 e. The number of carbonyl (C=O) groups excluding carboxylic acids is 1. The number of hydrogen-bond donors (Lipinski definition) is 0. The van der Waals surface area contributed by atoms with Gasteiger partial charge in [0.1, 0.15) is 5.82 Å². The highest BCUT2D eigenvalue weighted by Crippen LogP contribution is 2.30.